The van der Waals surface area contributed by atoms with Gasteiger partial charge in [-0.3, -0.25) is 9.59 Å². The lowest BCUT2D eigenvalue weighted by atomic mass is 9.53. The number of allylic oxidation sites excluding steroid dienone is 2. The minimum absolute atomic E-state index is 0.0270. The lowest BCUT2D eigenvalue weighted by molar-refractivity contribution is -0.144. The van der Waals surface area contributed by atoms with Gasteiger partial charge in [0.15, 0.2) is 17.8 Å². The number of aliphatic hydroxyl groups excluding tert-OH is 1. The molecule has 4 aliphatic rings. The fourth-order valence-corrected chi connectivity index (χ4v) is 5.29. The van der Waals surface area contributed by atoms with Crippen molar-refractivity contribution in [3.63, 3.8) is 0 Å². The summed E-state index contributed by atoms with van der Waals surface area (Å²) in [5.41, 5.74) is 0.365. The number of ketones is 2. The van der Waals surface area contributed by atoms with Gasteiger partial charge in [0.1, 0.15) is 0 Å². The van der Waals surface area contributed by atoms with Crippen LogP contribution in [0, 0.1) is 17.3 Å². The molecule has 0 aromatic rings. The molecule has 136 valence electrons. The number of fused-ring (bicyclic) bond motifs is 1. The number of ether oxygens (including phenoxy) is 3. The molecule has 25 heavy (non-hydrogen) atoms. The maximum absolute atomic E-state index is 12.8. The molecule has 0 amide bonds. The van der Waals surface area contributed by atoms with Gasteiger partial charge < -0.3 is 19.3 Å². The van der Waals surface area contributed by atoms with Gasteiger partial charge in [-0.25, -0.2) is 0 Å². The third kappa shape index (κ3) is 2.20. The van der Waals surface area contributed by atoms with E-state index in [-0.39, 0.29) is 29.2 Å². The first-order valence-electron chi connectivity index (χ1n) is 8.95. The summed E-state index contributed by atoms with van der Waals surface area (Å²) in [6.07, 6.45) is 1.64. The lowest BCUT2D eigenvalue weighted by Crippen LogP contribution is -2.54. The molecule has 1 saturated carbocycles. The molecule has 0 radical (unpaired) electrons. The van der Waals surface area contributed by atoms with Crippen molar-refractivity contribution in [1.82, 2.24) is 0 Å². The standard InChI is InChI=1S/C19H24O6/c1-4-24-18-9-5-6-13(21)19(2)8-10-14(17(25-18)15(9)19)11(20)7-12(23-3)16(10)22/h7,9,13,15,17-18,21H,4-6,8H2,1-3H3. The van der Waals surface area contributed by atoms with Gasteiger partial charge in [-0.05, 0) is 26.2 Å². The van der Waals surface area contributed by atoms with E-state index in [0.717, 1.165) is 6.42 Å². The summed E-state index contributed by atoms with van der Waals surface area (Å²) in [5, 5.41) is 10.7. The number of carbonyl (C=O) groups excluding carboxylic acids is 2. The van der Waals surface area contributed by atoms with Crippen LogP contribution in [0.4, 0.5) is 0 Å². The highest BCUT2D eigenvalue weighted by molar-refractivity contribution is 6.22. The largest absolute Gasteiger partial charge is 0.493 e. The Balaban J connectivity index is 1.83. The van der Waals surface area contributed by atoms with Crippen LogP contribution in [0.25, 0.3) is 0 Å². The Bertz CT molecular complexity index is 692. The molecule has 1 saturated heterocycles. The normalized spacial score (nSPS) is 42.9. The molecule has 6 nitrogen and oxygen atoms in total. The van der Waals surface area contributed by atoms with Gasteiger partial charge in [0.05, 0.1) is 19.3 Å². The van der Waals surface area contributed by atoms with Crippen molar-refractivity contribution < 1.29 is 28.9 Å². The van der Waals surface area contributed by atoms with E-state index in [2.05, 4.69) is 0 Å². The summed E-state index contributed by atoms with van der Waals surface area (Å²) < 4.78 is 17.0. The summed E-state index contributed by atoms with van der Waals surface area (Å²) in [6, 6.07) is 0. The molecule has 0 aromatic carbocycles. The third-order valence-corrected chi connectivity index (χ3v) is 6.46. The van der Waals surface area contributed by atoms with Gasteiger partial charge >= 0.3 is 0 Å². The maximum atomic E-state index is 12.8. The van der Waals surface area contributed by atoms with Crippen LogP contribution >= 0.6 is 0 Å². The fourth-order valence-electron chi connectivity index (χ4n) is 5.29. The van der Waals surface area contributed by atoms with Gasteiger partial charge in [0, 0.05) is 41.1 Å². The fraction of sp³-hybridized carbons (Fsp3) is 0.684. The van der Waals surface area contributed by atoms with E-state index in [0.29, 0.717) is 30.6 Å². The molecule has 6 unspecified atom stereocenters. The van der Waals surface area contributed by atoms with Crippen molar-refractivity contribution in [3.8, 4) is 0 Å². The van der Waals surface area contributed by atoms with Crippen LogP contribution in [-0.4, -0.2) is 48.9 Å². The second kappa shape index (κ2) is 5.76. The Morgan fingerprint density at radius 1 is 1.36 bits per heavy atom. The number of hydrogen-bond donors (Lipinski definition) is 1. The highest BCUT2D eigenvalue weighted by Gasteiger charge is 2.63. The Morgan fingerprint density at radius 3 is 2.80 bits per heavy atom. The van der Waals surface area contributed by atoms with E-state index in [9.17, 15) is 14.7 Å². The number of aliphatic hydroxyl groups is 1. The molecule has 1 heterocycles. The van der Waals surface area contributed by atoms with Crippen molar-refractivity contribution in [2.75, 3.05) is 13.7 Å². The topological polar surface area (TPSA) is 82.1 Å². The monoisotopic (exact) mass is 348 g/mol. The zero-order chi connectivity index (χ0) is 17.9. The summed E-state index contributed by atoms with van der Waals surface area (Å²) in [4.78, 5) is 25.5. The van der Waals surface area contributed by atoms with E-state index in [1.165, 1.54) is 13.2 Å². The summed E-state index contributed by atoms with van der Waals surface area (Å²) in [7, 11) is 1.39. The van der Waals surface area contributed by atoms with Crippen LogP contribution in [0.5, 0.6) is 0 Å². The quantitative estimate of drug-likeness (QED) is 0.779. The number of Topliss-reactive ketones (excluding diaryl/α,β-unsaturated/α-hetero) is 1. The minimum Gasteiger partial charge on any atom is -0.493 e. The Labute approximate surface area is 146 Å². The number of carbonyl (C=O) groups is 2. The zero-order valence-corrected chi connectivity index (χ0v) is 14.8. The Morgan fingerprint density at radius 2 is 2.12 bits per heavy atom. The molecular weight excluding hydrogens is 324 g/mol. The summed E-state index contributed by atoms with van der Waals surface area (Å²) >= 11 is 0. The zero-order valence-electron chi connectivity index (χ0n) is 14.8. The Hall–Kier alpha value is -1.50. The molecule has 3 aliphatic carbocycles. The van der Waals surface area contributed by atoms with Crippen molar-refractivity contribution in [3.05, 3.63) is 23.0 Å². The van der Waals surface area contributed by atoms with E-state index in [4.69, 9.17) is 14.2 Å². The second-order valence-corrected chi connectivity index (χ2v) is 7.64. The van der Waals surface area contributed by atoms with E-state index < -0.39 is 23.9 Å². The molecule has 1 N–H and O–H groups in total. The van der Waals surface area contributed by atoms with Crippen molar-refractivity contribution >= 4 is 11.6 Å². The summed E-state index contributed by atoms with van der Waals surface area (Å²) in [5.74, 6) is -0.333. The molecule has 0 aromatic heterocycles. The average molecular weight is 348 g/mol. The van der Waals surface area contributed by atoms with E-state index in [1.807, 2.05) is 13.8 Å². The number of methoxy groups -OCH3 is 1. The number of rotatable bonds is 3. The molecule has 0 spiro atoms. The molecular formula is C19H24O6. The predicted octanol–water partition coefficient (Wildman–Crippen LogP) is 1.52. The van der Waals surface area contributed by atoms with Crippen LogP contribution < -0.4 is 0 Å². The molecule has 6 heteroatoms. The lowest BCUT2D eigenvalue weighted by Gasteiger charge is -2.51. The summed E-state index contributed by atoms with van der Waals surface area (Å²) in [6.45, 7) is 4.44. The van der Waals surface area contributed by atoms with Crippen molar-refractivity contribution in [2.24, 2.45) is 17.3 Å². The molecule has 6 atom stereocenters. The molecule has 2 fully saturated rings. The third-order valence-electron chi connectivity index (χ3n) is 6.46. The van der Waals surface area contributed by atoms with E-state index in [1.54, 1.807) is 0 Å². The smallest absolute Gasteiger partial charge is 0.224 e. The van der Waals surface area contributed by atoms with Gasteiger partial charge in [0.25, 0.3) is 0 Å². The van der Waals surface area contributed by atoms with Crippen LogP contribution in [0.3, 0.4) is 0 Å². The van der Waals surface area contributed by atoms with Gasteiger partial charge in [0.2, 0.25) is 5.78 Å². The van der Waals surface area contributed by atoms with Gasteiger partial charge in [-0.15, -0.1) is 0 Å². The van der Waals surface area contributed by atoms with Gasteiger partial charge in [-0.2, -0.15) is 0 Å². The van der Waals surface area contributed by atoms with Crippen LogP contribution in [-0.2, 0) is 23.8 Å². The highest BCUT2D eigenvalue weighted by atomic mass is 16.7. The molecule has 0 bridgehead atoms. The second-order valence-electron chi connectivity index (χ2n) is 7.64. The predicted molar refractivity (Wildman–Crippen MR) is 87.4 cm³/mol. The minimum atomic E-state index is -0.533. The first-order valence-corrected chi connectivity index (χ1v) is 8.95. The Kier molecular flexibility index (Phi) is 3.90. The first kappa shape index (κ1) is 16.9. The van der Waals surface area contributed by atoms with Crippen molar-refractivity contribution in [2.45, 2.75) is 51.6 Å². The molecule has 4 rings (SSSR count). The SMILES string of the molecule is CCOC1OC2C3=C(CC4(C)C(O)CCC1C24)C(=O)C(OC)=CC3=O. The maximum Gasteiger partial charge on any atom is 0.224 e. The highest BCUT2D eigenvalue weighted by Crippen LogP contribution is 2.60. The number of hydrogen-bond acceptors (Lipinski definition) is 6. The van der Waals surface area contributed by atoms with Gasteiger partial charge in [-0.1, -0.05) is 6.92 Å². The van der Waals surface area contributed by atoms with E-state index >= 15 is 0 Å². The van der Waals surface area contributed by atoms with Crippen LogP contribution in [0.1, 0.15) is 33.1 Å². The molecule has 1 aliphatic heterocycles. The average Bonchev–Trinajstić information content (AvgIpc) is 2.94. The van der Waals surface area contributed by atoms with Crippen LogP contribution in [0.2, 0.25) is 0 Å². The van der Waals surface area contributed by atoms with Crippen LogP contribution in [0.15, 0.2) is 23.0 Å². The van der Waals surface area contributed by atoms with Crippen molar-refractivity contribution in [1.29, 1.82) is 0 Å². The first-order chi connectivity index (χ1) is 11.9.